The molecule has 0 spiro atoms. The van der Waals surface area contributed by atoms with Gasteiger partial charge in [-0.2, -0.15) is 15.4 Å². The number of carbonyl (C=O) groups excluding carboxylic acids is 1. The Labute approximate surface area is 156 Å². The summed E-state index contributed by atoms with van der Waals surface area (Å²) in [4.78, 5) is 17.2. The van der Waals surface area contributed by atoms with E-state index in [1.54, 1.807) is 24.3 Å². The second-order valence-corrected chi connectivity index (χ2v) is 7.60. The van der Waals surface area contributed by atoms with Crippen LogP contribution in [-0.2, 0) is 0 Å². The van der Waals surface area contributed by atoms with Crippen LogP contribution in [0.1, 0.15) is 22.0 Å². The smallest absolute Gasteiger partial charge is 0.253 e. The number of likely N-dealkylation sites (tertiary alicyclic amines) is 2. The molecule has 1 N–H and O–H groups in total. The van der Waals surface area contributed by atoms with E-state index in [2.05, 4.69) is 27.4 Å². The van der Waals surface area contributed by atoms with Crippen LogP contribution in [0.2, 0.25) is 0 Å². The third-order valence-corrected chi connectivity index (χ3v) is 5.94. The molecule has 2 saturated heterocycles. The first-order chi connectivity index (χ1) is 13.1. The summed E-state index contributed by atoms with van der Waals surface area (Å²) in [6, 6.07) is 12.4. The van der Waals surface area contributed by atoms with Crippen LogP contribution in [0.4, 0.5) is 4.39 Å². The van der Waals surface area contributed by atoms with Crippen LogP contribution in [0.5, 0.6) is 0 Å². The summed E-state index contributed by atoms with van der Waals surface area (Å²) in [6.45, 7) is 2.33. The van der Waals surface area contributed by atoms with Crippen LogP contribution in [0.25, 0.3) is 11.0 Å². The van der Waals surface area contributed by atoms with E-state index in [1.165, 1.54) is 6.07 Å². The number of aromatic amines is 1. The van der Waals surface area contributed by atoms with Crippen molar-refractivity contribution in [3.05, 3.63) is 59.4 Å². The van der Waals surface area contributed by atoms with E-state index in [4.69, 9.17) is 0 Å². The summed E-state index contributed by atoms with van der Waals surface area (Å²) in [5, 5.41) is 10.7. The minimum absolute atomic E-state index is 0.0231. The Morgan fingerprint density at radius 1 is 1.11 bits per heavy atom. The molecular formula is C20H20FN5O. The third kappa shape index (κ3) is 2.70. The number of nitrogens with one attached hydrogen (secondary N) is 1. The topological polar surface area (TPSA) is 65.1 Å². The van der Waals surface area contributed by atoms with E-state index in [9.17, 15) is 9.18 Å². The monoisotopic (exact) mass is 365 g/mol. The molecule has 6 nitrogen and oxygen atoms in total. The van der Waals surface area contributed by atoms with Gasteiger partial charge in [-0.25, -0.2) is 4.39 Å². The number of fused-ring (bicyclic) bond motifs is 2. The van der Waals surface area contributed by atoms with Crippen molar-refractivity contribution in [3.8, 4) is 0 Å². The van der Waals surface area contributed by atoms with Crippen molar-refractivity contribution in [2.75, 3.05) is 26.7 Å². The van der Waals surface area contributed by atoms with Crippen molar-refractivity contribution in [3.63, 3.8) is 0 Å². The fraction of sp³-hybridized carbons (Fsp3) is 0.350. The van der Waals surface area contributed by atoms with Gasteiger partial charge in [0.25, 0.3) is 5.91 Å². The van der Waals surface area contributed by atoms with Crippen molar-refractivity contribution < 1.29 is 9.18 Å². The Balaban J connectivity index is 1.39. The zero-order chi connectivity index (χ0) is 18.5. The molecule has 0 bridgehead atoms. The number of benzene rings is 2. The van der Waals surface area contributed by atoms with Gasteiger partial charge in [0, 0.05) is 37.2 Å². The first-order valence-electron chi connectivity index (χ1n) is 9.15. The fourth-order valence-corrected chi connectivity index (χ4v) is 4.77. The highest BCUT2D eigenvalue weighted by Crippen LogP contribution is 2.44. The number of rotatable bonds is 2. The lowest BCUT2D eigenvalue weighted by atomic mass is 9.89. The summed E-state index contributed by atoms with van der Waals surface area (Å²) in [5.74, 6) is 0.533. The number of hydrogen-bond donors (Lipinski definition) is 1. The summed E-state index contributed by atoms with van der Waals surface area (Å²) in [7, 11) is 2.08. The average Bonchev–Trinajstić information content (AvgIpc) is 3.34. The molecule has 0 saturated carbocycles. The quantitative estimate of drug-likeness (QED) is 0.758. The van der Waals surface area contributed by atoms with E-state index >= 15 is 0 Å². The fourth-order valence-electron chi connectivity index (χ4n) is 4.77. The van der Waals surface area contributed by atoms with Crippen LogP contribution in [0, 0.1) is 17.7 Å². The molecule has 2 aliphatic rings. The van der Waals surface area contributed by atoms with Gasteiger partial charge in [0.15, 0.2) is 0 Å². The van der Waals surface area contributed by atoms with E-state index in [0.717, 1.165) is 24.2 Å². The maximum Gasteiger partial charge on any atom is 0.253 e. The van der Waals surface area contributed by atoms with Gasteiger partial charge in [-0.05, 0) is 48.9 Å². The number of hydrogen-bond acceptors (Lipinski definition) is 4. The Morgan fingerprint density at radius 2 is 1.96 bits per heavy atom. The highest BCUT2D eigenvalue weighted by molar-refractivity contribution is 5.97. The van der Waals surface area contributed by atoms with Crippen LogP contribution >= 0.6 is 0 Å². The molecule has 0 unspecified atom stereocenters. The Hall–Kier alpha value is -2.80. The Morgan fingerprint density at radius 3 is 2.81 bits per heavy atom. The van der Waals surface area contributed by atoms with Gasteiger partial charge in [0.2, 0.25) is 0 Å². The maximum absolute atomic E-state index is 13.7. The van der Waals surface area contributed by atoms with Crippen molar-refractivity contribution in [2.45, 2.75) is 6.04 Å². The van der Waals surface area contributed by atoms with Crippen molar-refractivity contribution >= 4 is 16.9 Å². The van der Waals surface area contributed by atoms with Crippen LogP contribution in [0.15, 0.2) is 42.5 Å². The summed E-state index contributed by atoms with van der Waals surface area (Å²) < 4.78 is 13.7. The molecule has 0 radical (unpaired) electrons. The summed E-state index contributed by atoms with van der Waals surface area (Å²) in [6.07, 6.45) is 0. The van der Waals surface area contributed by atoms with E-state index in [-0.39, 0.29) is 17.8 Å². The molecule has 0 aliphatic carbocycles. The van der Waals surface area contributed by atoms with Gasteiger partial charge in [0.05, 0.1) is 0 Å². The lowest BCUT2D eigenvalue weighted by Crippen LogP contribution is -2.33. The largest absolute Gasteiger partial charge is 0.338 e. The zero-order valence-corrected chi connectivity index (χ0v) is 15.0. The van der Waals surface area contributed by atoms with Gasteiger partial charge in [-0.3, -0.25) is 9.69 Å². The predicted octanol–water partition coefficient (Wildman–Crippen LogP) is 2.47. The molecule has 1 aromatic heterocycles. The number of amides is 1. The molecule has 3 atom stereocenters. The predicted molar refractivity (Wildman–Crippen MR) is 98.5 cm³/mol. The number of halogens is 1. The number of H-pyrrole nitrogens is 1. The van der Waals surface area contributed by atoms with Crippen LogP contribution < -0.4 is 0 Å². The molecule has 3 heterocycles. The SMILES string of the molecule is CN1C[C@H]2CN(C(=O)c3ccc4n[nH]nc4c3)C[C@H]2[C@@H]1c1cccc(F)c1. The van der Waals surface area contributed by atoms with Crippen LogP contribution in [0.3, 0.4) is 0 Å². The molecule has 7 heteroatoms. The molecule has 5 rings (SSSR count). The molecule has 3 aromatic rings. The van der Waals surface area contributed by atoms with E-state index < -0.39 is 0 Å². The third-order valence-electron chi connectivity index (χ3n) is 5.94. The Bertz CT molecular complexity index is 1020. The maximum atomic E-state index is 13.7. The van der Waals surface area contributed by atoms with Gasteiger partial charge < -0.3 is 4.90 Å². The number of carbonyl (C=O) groups is 1. The second kappa shape index (κ2) is 6.13. The average molecular weight is 365 g/mol. The molecule has 138 valence electrons. The molecule has 2 aromatic carbocycles. The summed E-state index contributed by atoms with van der Waals surface area (Å²) >= 11 is 0. The van der Waals surface area contributed by atoms with Gasteiger partial charge >= 0.3 is 0 Å². The summed E-state index contributed by atoms with van der Waals surface area (Å²) in [5.41, 5.74) is 3.06. The number of nitrogens with zero attached hydrogens (tertiary/aromatic N) is 4. The minimum atomic E-state index is -0.212. The molecule has 1 amide bonds. The van der Waals surface area contributed by atoms with E-state index in [0.29, 0.717) is 29.5 Å². The van der Waals surface area contributed by atoms with Crippen molar-refractivity contribution in [1.82, 2.24) is 25.2 Å². The van der Waals surface area contributed by atoms with Gasteiger partial charge in [0.1, 0.15) is 16.9 Å². The first-order valence-corrected chi connectivity index (χ1v) is 9.15. The lowest BCUT2D eigenvalue weighted by molar-refractivity contribution is 0.0768. The van der Waals surface area contributed by atoms with Crippen molar-refractivity contribution in [1.29, 1.82) is 0 Å². The molecular weight excluding hydrogens is 345 g/mol. The van der Waals surface area contributed by atoms with E-state index in [1.807, 2.05) is 17.0 Å². The molecule has 27 heavy (non-hydrogen) atoms. The van der Waals surface area contributed by atoms with Gasteiger partial charge in [-0.15, -0.1) is 0 Å². The standard InChI is InChI=1S/C20H20FN5O/c1-25-9-14-10-26(11-16(14)19(25)12-3-2-4-15(21)7-12)20(27)13-5-6-17-18(8-13)23-24-22-17/h2-8,14,16,19H,9-11H2,1H3,(H,22,23,24)/t14-,16+,19-/m0/s1. The number of aromatic nitrogens is 3. The Kier molecular flexibility index (Phi) is 3.72. The minimum Gasteiger partial charge on any atom is -0.338 e. The normalized spacial score (nSPS) is 25.3. The van der Waals surface area contributed by atoms with Crippen LogP contribution in [-0.4, -0.2) is 57.8 Å². The van der Waals surface area contributed by atoms with Gasteiger partial charge in [-0.1, -0.05) is 12.1 Å². The zero-order valence-electron chi connectivity index (χ0n) is 15.0. The second-order valence-electron chi connectivity index (χ2n) is 7.60. The first kappa shape index (κ1) is 16.4. The lowest BCUT2D eigenvalue weighted by Gasteiger charge is -2.27. The van der Waals surface area contributed by atoms with Crippen molar-refractivity contribution in [2.24, 2.45) is 11.8 Å². The molecule has 2 fully saturated rings. The highest BCUT2D eigenvalue weighted by atomic mass is 19.1. The molecule has 2 aliphatic heterocycles. The highest BCUT2D eigenvalue weighted by Gasteiger charge is 2.47.